The molecule has 1 aliphatic rings. The number of rotatable bonds is 6. The van der Waals surface area contributed by atoms with Gasteiger partial charge in [0.25, 0.3) is 0 Å². The van der Waals surface area contributed by atoms with Crippen molar-refractivity contribution in [1.29, 1.82) is 0 Å². The van der Waals surface area contributed by atoms with Gasteiger partial charge in [-0.1, -0.05) is 36.0 Å². The minimum atomic E-state index is -3.63. The lowest BCUT2D eigenvalue weighted by atomic mass is 10.2. The van der Waals surface area contributed by atoms with Gasteiger partial charge < -0.3 is 5.73 Å². The summed E-state index contributed by atoms with van der Waals surface area (Å²) < 4.78 is 26.7. The number of nitrogen functional groups attached to an aromatic ring is 1. The van der Waals surface area contributed by atoms with Gasteiger partial charge in [-0.05, 0) is 30.9 Å². The van der Waals surface area contributed by atoms with Gasteiger partial charge in [-0.15, -0.1) is 0 Å². The van der Waals surface area contributed by atoms with Gasteiger partial charge in [-0.3, -0.25) is 0 Å². The number of nitrogens with one attached hydrogen (secondary N) is 1. The Balaban J connectivity index is 2.03. The minimum Gasteiger partial charge on any atom is -0.396 e. The molecular weight excluding hydrogens is 307 g/mol. The molecule has 0 amide bonds. The van der Waals surface area contributed by atoms with Crippen molar-refractivity contribution in [3.05, 3.63) is 22.2 Å². The van der Waals surface area contributed by atoms with E-state index in [4.69, 9.17) is 28.9 Å². The van der Waals surface area contributed by atoms with Gasteiger partial charge in [-0.25, -0.2) is 13.1 Å². The van der Waals surface area contributed by atoms with Crippen molar-refractivity contribution >= 4 is 38.9 Å². The second-order valence-electron chi connectivity index (χ2n) is 4.76. The molecule has 1 fully saturated rings. The molecule has 0 bridgehead atoms. The average molecular weight is 323 g/mol. The van der Waals surface area contributed by atoms with E-state index in [1.54, 1.807) is 0 Å². The van der Waals surface area contributed by atoms with Gasteiger partial charge in [0.1, 0.15) is 4.90 Å². The number of hydrogen-bond acceptors (Lipinski definition) is 3. The second-order valence-corrected chi connectivity index (χ2v) is 7.28. The molecule has 106 valence electrons. The topological polar surface area (TPSA) is 72.2 Å². The van der Waals surface area contributed by atoms with E-state index < -0.39 is 10.0 Å². The fourth-order valence-electron chi connectivity index (χ4n) is 1.84. The molecule has 7 heteroatoms. The van der Waals surface area contributed by atoms with Crippen molar-refractivity contribution in [2.75, 3.05) is 12.3 Å². The summed E-state index contributed by atoms with van der Waals surface area (Å²) in [5.74, 6) is 0.791. The number of hydrogen-bond donors (Lipinski definition) is 2. The first-order valence-corrected chi connectivity index (χ1v) is 8.39. The van der Waals surface area contributed by atoms with Crippen LogP contribution in [0.3, 0.4) is 0 Å². The first kappa shape index (κ1) is 14.9. The average Bonchev–Trinajstić information content (AvgIpc) is 3.15. The molecule has 0 aromatic heterocycles. The van der Waals surface area contributed by atoms with Crippen LogP contribution in [-0.2, 0) is 10.0 Å². The summed E-state index contributed by atoms with van der Waals surface area (Å²) in [4.78, 5) is -0.0255. The number of nitrogens with two attached hydrogens (primary N) is 1. The Bertz CT molecular complexity index is 571. The van der Waals surface area contributed by atoms with Crippen LogP contribution in [0.15, 0.2) is 17.0 Å². The van der Waals surface area contributed by atoms with Crippen LogP contribution in [0.4, 0.5) is 5.69 Å². The highest BCUT2D eigenvalue weighted by Gasteiger charge is 2.22. The Morgan fingerprint density at radius 3 is 2.63 bits per heavy atom. The molecular formula is C12H16Cl2N2O2S. The molecule has 0 atom stereocenters. The van der Waals surface area contributed by atoms with Crippen molar-refractivity contribution < 1.29 is 8.42 Å². The lowest BCUT2D eigenvalue weighted by Gasteiger charge is -2.10. The molecule has 19 heavy (non-hydrogen) atoms. The van der Waals surface area contributed by atoms with Crippen LogP contribution in [0, 0.1) is 5.92 Å². The lowest BCUT2D eigenvalue weighted by Crippen LogP contribution is -2.25. The first-order valence-electron chi connectivity index (χ1n) is 6.15. The molecule has 1 saturated carbocycles. The molecule has 0 spiro atoms. The van der Waals surface area contributed by atoms with Crippen molar-refractivity contribution in [2.45, 2.75) is 30.6 Å². The maximum Gasteiger partial charge on any atom is 0.242 e. The van der Waals surface area contributed by atoms with Gasteiger partial charge in [-0.2, -0.15) is 0 Å². The summed E-state index contributed by atoms with van der Waals surface area (Å²) in [5.41, 5.74) is 5.71. The van der Waals surface area contributed by atoms with Gasteiger partial charge in [0.15, 0.2) is 0 Å². The van der Waals surface area contributed by atoms with E-state index in [-0.39, 0.29) is 20.6 Å². The quantitative estimate of drug-likeness (QED) is 0.624. The van der Waals surface area contributed by atoms with Crippen molar-refractivity contribution in [3.8, 4) is 0 Å². The predicted octanol–water partition coefficient (Wildman–Crippen LogP) is 3.04. The third kappa shape index (κ3) is 3.75. The van der Waals surface area contributed by atoms with Crippen molar-refractivity contribution in [2.24, 2.45) is 5.92 Å². The van der Waals surface area contributed by atoms with Crippen LogP contribution < -0.4 is 10.5 Å². The third-order valence-electron chi connectivity index (χ3n) is 3.16. The highest BCUT2D eigenvalue weighted by molar-refractivity contribution is 7.89. The van der Waals surface area contributed by atoms with Gasteiger partial charge in [0, 0.05) is 6.54 Å². The summed E-state index contributed by atoms with van der Waals surface area (Å²) >= 11 is 11.7. The smallest absolute Gasteiger partial charge is 0.242 e. The Hall–Kier alpha value is -0.490. The number of anilines is 1. The van der Waals surface area contributed by atoms with Gasteiger partial charge >= 0.3 is 0 Å². The van der Waals surface area contributed by atoms with E-state index in [1.165, 1.54) is 25.0 Å². The molecule has 3 N–H and O–H groups in total. The van der Waals surface area contributed by atoms with Crippen LogP contribution in [0.25, 0.3) is 0 Å². The highest BCUT2D eigenvalue weighted by Crippen LogP contribution is 2.34. The minimum absolute atomic E-state index is 0.0255. The molecule has 0 unspecified atom stereocenters. The number of benzene rings is 1. The van der Waals surface area contributed by atoms with E-state index >= 15 is 0 Å². The van der Waals surface area contributed by atoms with E-state index in [1.807, 2.05) is 0 Å². The predicted molar refractivity (Wildman–Crippen MR) is 78.0 cm³/mol. The van der Waals surface area contributed by atoms with Crippen LogP contribution >= 0.6 is 23.2 Å². The molecule has 2 rings (SSSR count). The fraction of sp³-hybridized carbons (Fsp3) is 0.500. The number of sulfonamides is 1. The highest BCUT2D eigenvalue weighted by atomic mass is 35.5. The summed E-state index contributed by atoms with van der Waals surface area (Å²) in [6.07, 6.45) is 4.45. The molecule has 1 aromatic rings. The monoisotopic (exact) mass is 322 g/mol. The van der Waals surface area contributed by atoms with Crippen LogP contribution in [0.2, 0.25) is 10.0 Å². The molecule has 0 heterocycles. The summed E-state index contributed by atoms with van der Waals surface area (Å²) in [6.45, 7) is 0.414. The van der Waals surface area contributed by atoms with E-state index in [9.17, 15) is 8.42 Å². The molecule has 0 radical (unpaired) electrons. The zero-order chi connectivity index (χ0) is 14.0. The van der Waals surface area contributed by atoms with Crippen LogP contribution in [-0.4, -0.2) is 15.0 Å². The normalized spacial score (nSPS) is 15.7. The molecule has 0 saturated heterocycles. The maximum atomic E-state index is 12.1. The Kier molecular flexibility index (Phi) is 4.61. The van der Waals surface area contributed by atoms with E-state index in [0.717, 1.165) is 18.8 Å². The second kappa shape index (κ2) is 5.87. The van der Waals surface area contributed by atoms with Crippen molar-refractivity contribution in [1.82, 2.24) is 4.72 Å². The molecule has 0 aliphatic heterocycles. The summed E-state index contributed by atoms with van der Waals surface area (Å²) in [7, 11) is -3.63. The van der Waals surface area contributed by atoms with Crippen molar-refractivity contribution in [3.63, 3.8) is 0 Å². The molecule has 4 nitrogen and oxygen atoms in total. The van der Waals surface area contributed by atoms with Gasteiger partial charge in [0.05, 0.1) is 15.7 Å². The lowest BCUT2D eigenvalue weighted by molar-refractivity contribution is 0.572. The van der Waals surface area contributed by atoms with E-state index in [0.29, 0.717) is 6.54 Å². The zero-order valence-electron chi connectivity index (χ0n) is 10.3. The van der Waals surface area contributed by atoms with E-state index in [2.05, 4.69) is 4.72 Å². The molecule has 1 aromatic carbocycles. The Labute approximate surface area is 123 Å². The summed E-state index contributed by atoms with van der Waals surface area (Å²) in [5, 5.41) is 0.222. The summed E-state index contributed by atoms with van der Waals surface area (Å²) in [6, 6.07) is 2.80. The van der Waals surface area contributed by atoms with Gasteiger partial charge in [0.2, 0.25) is 10.0 Å². The third-order valence-corrected chi connectivity index (χ3v) is 5.51. The van der Waals surface area contributed by atoms with Crippen LogP contribution in [0.5, 0.6) is 0 Å². The Morgan fingerprint density at radius 2 is 2.00 bits per heavy atom. The maximum absolute atomic E-state index is 12.1. The van der Waals surface area contributed by atoms with Crippen LogP contribution in [0.1, 0.15) is 25.7 Å². The first-order chi connectivity index (χ1) is 8.92. The zero-order valence-corrected chi connectivity index (χ0v) is 12.7. The molecule has 1 aliphatic carbocycles. The fourth-order valence-corrected chi connectivity index (χ4v) is 3.68. The largest absolute Gasteiger partial charge is 0.396 e. The standard InChI is InChI=1S/C12H16Cl2N2O2S/c13-9-5-6-10(11(14)12(9)15)19(17,18)16-7-1-2-8-3-4-8/h5-6,8,16H,1-4,7,15H2. The SMILES string of the molecule is Nc1c(Cl)ccc(S(=O)(=O)NCCCC2CC2)c1Cl. The number of halogens is 2. The Morgan fingerprint density at radius 1 is 1.32 bits per heavy atom.